The van der Waals surface area contributed by atoms with Gasteiger partial charge in [0.15, 0.2) is 0 Å². The van der Waals surface area contributed by atoms with Crippen LogP contribution in [0.3, 0.4) is 0 Å². The summed E-state index contributed by atoms with van der Waals surface area (Å²) < 4.78 is 5.00. The highest BCUT2D eigenvalue weighted by atomic mass is 16.5. The number of amides is 1. The lowest BCUT2D eigenvalue weighted by molar-refractivity contribution is 0.0995. The number of hydrogen-bond acceptors (Lipinski definition) is 5. The van der Waals surface area contributed by atoms with E-state index in [0.29, 0.717) is 13.2 Å². The average Bonchev–Trinajstić information content (AvgIpc) is 2.48. The van der Waals surface area contributed by atoms with Crippen LogP contribution in [0, 0.1) is 0 Å². The van der Waals surface area contributed by atoms with Crippen LogP contribution in [-0.4, -0.2) is 36.1 Å². The van der Waals surface area contributed by atoms with E-state index < -0.39 is 5.91 Å². The van der Waals surface area contributed by atoms with Crippen LogP contribution in [-0.2, 0) is 4.74 Å². The molecule has 0 unspecified atom stereocenters. The van der Waals surface area contributed by atoms with Crippen molar-refractivity contribution < 1.29 is 9.53 Å². The van der Waals surface area contributed by atoms with Gasteiger partial charge < -0.3 is 15.8 Å². The van der Waals surface area contributed by atoms with Crippen molar-refractivity contribution >= 4 is 11.7 Å². The molecule has 0 aromatic carbocycles. The number of methoxy groups -OCH3 is 1. The van der Waals surface area contributed by atoms with Gasteiger partial charge in [-0.1, -0.05) is 0 Å². The zero-order valence-corrected chi connectivity index (χ0v) is 11.2. The van der Waals surface area contributed by atoms with Crippen molar-refractivity contribution in [3.63, 3.8) is 0 Å². The summed E-state index contributed by atoms with van der Waals surface area (Å²) in [6, 6.07) is 7.22. The topological polar surface area (TPSA) is 90.1 Å². The van der Waals surface area contributed by atoms with Gasteiger partial charge in [0.05, 0.1) is 6.61 Å². The van der Waals surface area contributed by atoms with E-state index >= 15 is 0 Å². The smallest absolute Gasteiger partial charge is 0.267 e. The molecule has 0 atom stereocenters. The second-order valence-electron chi connectivity index (χ2n) is 4.11. The van der Waals surface area contributed by atoms with Gasteiger partial charge in [-0.3, -0.25) is 9.78 Å². The van der Waals surface area contributed by atoms with Crippen LogP contribution in [0.15, 0.2) is 36.7 Å². The molecule has 3 N–H and O–H groups in total. The van der Waals surface area contributed by atoms with Crippen molar-refractivity contribution in [1.82, 2.24) is 9.97 Å². The molecule has 2 heterocycles. The standard InChI is InChI=1S/C14H16N4O2/c1-20-8-7-18-14-11(3-2-5-17-14)10-4-6-16-12(9-10)13(15)19/h2-6,9H,7-8H2,1H3,(H2,15,19)(H,17,18). The molecular formula is C14H16N4O2. The maximum absolute atomic E-state index is 11.2. The average molecular weight is 272 g/mol. The second kappa shape index (κ2) is 6.63. The summed E-state index contributed by atoms with van der Waals surface area (Å²) in [4.78, 5) is 19.4. The van der Waals surface area contributed by atoms with Crippen LogP contribution < -0.4 is 11.1 Å². The summed E-state index contributed by atoms with van der Waals surface area (Å²) in [7, 11) is 1.64. The Morgan fingerprint density at radius 3 is 2.95 bits per heavy atom. The fourth-order valence-corrected chi connectivity index (χ4v) is 1.78. The molecule has 2 aromatic heterocycles. The highest BCUT2D eigenvalue weighted by molar-refractivity contribution is 5.92. The van der Waals surface area contributed by atoms with E-state index in [1.165, 1.54) is 0 Å². The molecule has 0 bridgehead atoms. The predicted molar refractivity (Wildman–Crippen MR) is 76.4 cm³/mol. The first-order chi connectivity index (χ1) is 9.72. The van der Waals surface area contributed by atoms with Crippen molar-refractivity contribution in [2.24, 2.45) is 5.73 Å². The number of anilines is 1. The predicted octanol–water partition coefficient (Wildman–Crippen LogP) is 1.30. The normalized spacial score (nSPS) is 10.2. The van der Waals surface area contributed by atoms with Gasteiger partial charge in [0.1, 0.15) is 11.5 Å². The number of rotatable bonds is 6. The largest absolute Gasteiger partial charge is 0.383 e. The van der Waals surface area contributed by atoms with E-state index in [1.54, 1.807) is 25.6 Å². The number of aromatic nitrogens is 2. The van der Waals surface area contributed by atoms with Crippen LogP contribution >= 0.6 is 0 Å². The zero-order chi connectivity index (χ0) is 14.4. The van der Waals surface area contributed by atoms with E-state index in [9.17, 15) is 4.79 Å². The SMILES string of the molecule is COCCNc1ncccc1-c1ccnc(C(N)=O)c1. The third kappa shape index (κ3) is 3.30. The Morgan fingerprint density at radius 2 is 2.20 bits per heavy atom. The fraction of sp³-hybridized carbons (Fsp3) is 0.214. The summed E-state index contributed by atoms with van der Waals surface area (Å²) in [6.07, 6.45) is 3.26. The second-order valence-corrected chi connectivity index (χ2v) is 4.11. The minimum absolute atomic E-state index is 0.231. The highest BCUT2D eigenvalue weighted by Crippen LogP contribution is 2.25. The minimum atomic E-state index is -0.551. The zero-order valence-electron chi connectivity index (χ0n) is 11.2. The highest BCUT2D eigenvalue weighted by Gasteiger charge is 2.09. The van der Waals surface area contributed by atoms with Gasteiger partial charge in [0.25, 0.3) is 5.91 Å². The molecular weight excluding hydrogens is 256 g/mol. The molecule has 0 aliphatic rings. The monoisotopic (exact) mass is 272 g/mol. The quantitative estimate of drug-likeness (QED) is 0.774. The minimum Gasteiger partial charge on any atom is -0.383 e. The summed E-state index contributed by atoms with van der Waals surface area (Å²) >= 11 is 0. The summed E-state index contributed by atoms with van der Waals surface area (Å²) in [5.41, 5.74) is 7.20. The Bertz CT molecular complexity index is 601. The Kier molecular flexibility index (Phi) is 4.62. The lowest BCUT2D eigenvalue weighted by Gasteiger charge is -2.11. The molecule has 0 aliphatic heterocycles. The van der Waals surface area contributed by atoms with Crippen molar-refractivity contribution in [2.75, 3.05) is 25.6 Å². The molecule has 0 spiro atoms. The molecule has 20 heavy (non-hydrogen) atoms. The first kappa shape index (κ1) is 14.0. The number of carbonyl (C=O) groups excluding carboxylic acids is 1. The van der Waals surface area contributed by atoms with E-state index in [0.717, 1.165) is 16.9 Å². The van der Waals surface area contributed by atoms with Crippen LogP contribution in [0.4, 0.5) is 5.82 Å². The molecule has 6 nitrogen and oxygen atoms in total. The van der Waals surface area contributed by atoms with Crippen molar-refractivity contribution in [1.29, 1.82) is 0 Å². The van der Waals surface area contributed by atoms with Crippen LogP contribution in [0.1, 0.15) is 10.5 Å². The molecule has 0 fully saturated rings. The molecule has 0 radical (unpaired) electrons. The molecule has 0 aliphatic carbocycles. The number of nitrogens with one attached hydrogen (secondary N) is 1. The molecule has 6 heteroatoms. The Labute approximate surface area is 117 Å². The fourth-order valence-electron chi connectivity index (χ4n) is 1.78. The molecule has 0 saturated carbocycles. The Morgan fingerprint density at radius 1 is 1.35 bits per heavy atom. The summed E-state index contributed by atoms with van der Waals surface area (Å²) in [6.45, 7) is 1.23. The van der Waals surface area contributed by atoms with Crippen LogP contribution in [0.2, 0.25) is 0 Å². The van der Waals surface area contributed by atoms with Gasteiger partial charge in [-0.25, -0.2) is 4.98 Å². The van der Waals surface area contributed by atoms with Gasteiger partial charge in [-0.2, -0.15) is 0 Å². The van der Waals surface area contributed by atoms with Crippen LogP contribution in [0.25, 0.3) is 11.1 Å². The van der Waals surface area contributed by atoms with Gasteiger partial charge in [0, 0.05) is 31.6 Å². The number of nitrogens with zero attached hydrogens (tertiary/aromatic N) is 2. The van der Waals surface area contributed by atoms with Gasteiger partial charge in [0.2, 0.25) is 0 Å². The maximum atomic E-state index is 11.2. The third-order valence-corrected chi connectivity index (χ3v) is 2.73. The van der Waals surface area contributed by atoms with Gasteiger partial charge in [-0.05, 0) is 29.8 Å². The van der Waals surface area contributed by atoms with E-state index in [1.807, 2.05) is 18.2 Å². The molecule has 2 aromatic rings. The third-order valence-electron chi connectivity index (χ3n) is 2.73. The van der Waals surface area contributed by atoms with E-state index in [2.05, 4.69) is 15.3 Å². The molecule has 0 saturated heterocycles. The number of nitrogens with two attached hydrogens (primary N) is 1. The van der Waals surface area contributed by atoms with E-state index in [4.69, 9.17) is 10.5 Å². The van der Waals surface area contributed by atoms with Crippen molar-refractivity contribution in [3.05, 3.63) is 42.4 Å². The van der Waals surface area contributed by atoms with Gasteiger partial charge >= 0.3 is 0 Å². The summed E-state index contributed by atoms with van der Waals surface area (Å²) in [5.74, 6) is 0.177. The number of pyridine rings is 2. The number of hydrogen-bond donors (Lipinski definition) is 2. The first-order valence-electron chi connectivity index (χ1n) is 6.16. The summed E-state index contributed by atoms with van der Waals surface area (Å²) in [5, 5.41) is 3.19. The number of carbonyl (C=O) groups is 1. The lowest BCUT2D eigenvalue weighted by Crippen LogP contribution is -2.13. The van der Waals surface area contributed by atoms with Crippen LogP contribution in [0.5, 0.6) is 0 Å². The molecule has 1 amide bonds. The Balaban J connectivity index is 2.32. The number of ether oxygens (including phenoxy) is 1. The molecule has 104 valence electrons. The molecule has 2 rings (SSSR count). The first-order valence-corrected chi connectivity index (χ1v) is 6.16. The Hall–Kier alpha value is -2.47. The van der Waals surface area contributed by atoms with Gasteiger partial charge in [-0.15, -0.1) is 0 Å². The maximum Gasteiger partial charge on any atom is 0.267 e. The van der Waals surface area contributed by atoms with Crippen molar-refractivity contribution in [3.8, 4) is 11.1 Å². The van der Waals surface area contributed by atoms with E-state index in [-0.39, 0.29) is 5.69 Å². The van der Waals surface area contributed by atoms with Crippen molar-refractivity contribution in [2.45, 2.75) is 0 Å². The lowest BCUT2D eigenvalue weighted by atomic mass is 10.1. The number of primary amides is 1.